The van der Waals surface area contributed by atoms with Gasteiger partial charge in [-0.1, -0.05) is 45.8 Å². The summed E-state index contributed by atoms with van der Waals surface area (Å²) in [6.45, 7) is 3.87. The summed E-state index contributed by atoms with van der Waals surface area (Å²) in [4.78, 5) is 0. The lowest BCUT2D eigenvalue weighted by Crippen LogP contribution is -2.24. The molecule has 2 aromatic carbocycles. The minimum atomic E-state index is -0.940. The Kier molecular flexibility index (Phi) is 4.51. The maximum Gasteiger partial charge on any atom is 0.122 e. The minimum absolute atomic E-state index is 0.508. The average Bonchev–Trinajstić information content (AvgIpc) is 2.38. The number of hydrogen-bond donors (Lipinski definition) is 1. The van der Waals surface area contributed by atoms with Crippen molar-refractivity contribution in [1.29, 1.82) is 0 Å². The van der Waals surface area contributed by atoms with Crippen molar-refractivity contribution in [3.05, 3.63) is 63.6 Å². The average molecular weight is 335 g/mol. The highest BCUT2D eigenvalue weighted by molar-refractivity contribution is 9.10. The quantitative estimate of drug-likeness (QED) is 0.907. The zero-order chi connectivity index (χ0) is 14.8. The fourth-order valence-electron chi connectivity index (χ4n) is 2.34. The van der Waals surface area contributed by atoms with Crippen LogP contribution in [0.5, 0.6) is 5.75 Å². The Bertz CT molecular complexity index is 606. The molecule has 0 saturated carbocycles. The lowest BCUT2D eigenvalue weighted by Gasteiger charge is -2.25. The smallest absolute Gasteiger partial charge is 0.122 e. The summed E-state index contributed by atoms with van der Waals surface area (Å²) in [5, 5.41) is 10.8. The van der Waals surface area contributed by atoms with E-state index in [2.05, 4.69) is 22.0 Å². The van der Waals surface area contributed by atoms with Crippen molar-refractivity contribution in [3.63, 3.8) is 0 Å². The van der Waals surface area contributed by atoms with Crippen LogP contribution in [0.2, 0.25) is 0 Å². The van der Waals surface area contributed by atoms with E-state index < -0.39 is 5.60 Å². The van der Waals surface area contributed by atoms with Gasteiger partial charge in [-0.15, -0.1) is 0 Å². The fourth-order valence-corrected chi connectivity index (χ4v) is 2.74. The largest absolute Gasteiger partial charge is 0.496 e. The molecule has 2 aromatic rings. The van der Waals surface area contributed by atoms with Crippen LogP contribution in [-0.4, -0.2) is 12.2 Å². The molecule has 2 rings (SSSR count). The van der Waals surface area contributed by atoms with E-state index in [0.717, 1.165) is 26.9 Å². The van der Waals surface area contributed by atoms with Crippen LogP contribution >= 0.6 is 15.9 Å². The van der Waals surface area contributed by atoms with E-state index in [-0.39, 0.29) is 0 Å². The first kappa shape index (κ1) is 15.1. The molecule has 106 valence electrons. The summed E-state index contributed by atoms with van der Waals surface area (Å²) in [6, 6.07) is 13.8. The summed E-state index contributed by atoms with van der Waals surface area (Å²) in [5.41, 5.74) is 2.11. The molecule has 0 aliphatic carbocycles. The zero-order valence-corrected chi connectivity index (χ0v) is 13.6. The molecule has 0 spiro atoms. The van der Waals surface area contributed by atoms with Crippen LogP contribution < -0.4 is 4.74 Å². The summed E-state index contributed by atoms with van der Waals surface area (Å²) in [5.74, 6) is 0.811. The molecule has 20 heavy (non-hydrogen) atoms. The molecule has 2 nitrogen and oxygen atoms in total. The van der Waals surface area contributed by atoms with E-state index in [9.17, 15) is 5.11 Å². The SMILES string of the molecule is COc1ccc(C)cc1CC(C)(O)c1cccc(Br)c1. The van der Waals surface area contributed by atoms with Crippen molar-refractivity contribution in [2.45, 2.75) is 25.9 Å². The zero-order valence-electron chi connectivity index (χ0n) is 12.0. The highest BCUT2D eigenvalue weighted by Gasteiger charge is 2.25. The van der Waals surface area contributed by atoms with Gasteiger partial charge in [-0.25, -0.2) is 0 Å². The van der Waals surface area contributed by atoms with E-state index in [4.69, 9.17) is 4.74 Å². The van der Waals surface area contributed by atoms with Gasteiger partial charge in [0, 0.05) is 10.9 Å². The second kappa shape index (κ2) is 5.98. The van der Waals surface area contributed by atoms with Gasteiger partial charge in [0.05, 0.1) is 12.7 Å². The first-order valence-corrected chi connectivity index (χ1v) is 7.33. The number of aliphatic hydroxyl groups is 1. The van der Waals surface area contributed by atoms with E-state index in [1.165, 1.54) is 0 Å². The van der Waals surface area contributed by atoms with Gasteiger partial charge in [0.2, 0.25) is 0 Å². The van der Waals surface area contributed by atoms with Gasteiger partial charge in [0.25, 0.3) is 0 Å². The molecule has 1 unspecified atom stereocenters. The molecule has 0 aliphatic rings. The molecule has 0 amide bonds. The minimum Gasteiger partial charge on any atom is -0.496 e. The Balaban J connectivity index is 2.35. The van der Waals surface area contributed by atoms with Crippen LogP contribution in [0.4, 0.5) is 0 Å². The number of benzene rings is 2. The van der Waals surface area contributed by atoms with Gasteiger partial charge < -0.3 is 9.84 Å². The van der Waals surface area contributed by atoms with Crippen molar-refractivity contribution in [2.75, 3.05) is 7.11 Å². The second-order valence-electron chi connectivity index (χ2n) is 5.28. The highest BCUT2D eigenvalue weighted by Crippen LogP contribution is 2.31. The van der Waals surface area contributed by atoms with Crippen LogP contribution in [-0.2, 0) is 12.0 Å². The third-order valence-electron chi connectivity index (χ3n) is 3.42. The monoisotopic (exact) mass is 334 g/mol. The Morgan fingerprint density at radius 2 is 1.95 bits per heavy atom. The summed E-state index contributed by atoms with van der Waals surface area (Å²) >= 11 is 3.44. The Labute approximate surface area is 128 Å². The van der Waals surface area contributed by atoms with Crippen molar-refractivity contribution < 1.29 is 9.84 Å². The molecule has 0 saturated heterocycles. The molecule has 0 radical (unpaired) electrons. The standard InChI is InChI=1S/C17H19BrO2/c1-12-7-8-16(20-3)13(9-12)11-17(2,19)14-5-4-6-15(18)10-14/h4-10,19H,11H2,1-3H3. The molecule has 0 heterocycles. The predicted molar refractivity (Wildman–Crippen MR) is 85.1 cm³/mol. The summed E-state index contributed by atoms with van der Waals surface area (Å²) in [7, 11) is 1.65. The number of halogens is 1. The topological polar surface area (TPSA) is 29.5 Å². The maximum absolute atomic E-state index is 10.8. The van der Waals surface area contributed by atoms with Gasteiger partial charge in [-0.05, 0) is 43.2 Å². The highest BCUT2D eigenvalue weighted by atomic mass is 79.9. The molecule has 0 bridgehead atoms. The van der Waals surface area contributed by atoms with E-state index in [0.29, 0.717) is 6.42 Å². The molecule has 3 heteroatoms. The van der Waals surface area contributed by atoms with Gasteiger partial charge in [-0.2, -0.15) is 0 Å². The van der Waals surface area contributed by atoms with Crippen LogP contribution in [0, 0.1) is 6.92 Å². The van der Waals surface area contributed by atoms with E-state index >= 15 is 0 Å². The molecular formula is C17H19BrO2. The Morgan fingerprint density at radius 3 is 2.60 bits per heavy atom. The van der Waals surface area contributed by atoms with Gasteiger partial charge in [-0.3, -0.25) is 0 Å². The van der Waals surface area contributed by atoms with Gasteiger partial charge in [0.15, 0.2) is 0 Å². The maximum atomic E-state index is 10.8. The second-order valence-corrected chi connectivity index (χ2v) is 6.19. The van der Waals surface area contributed by atoms with E-state index in [1.54, 1.807) is 7.11 Å². The Morgan fingerprint density at radius 1 is 1.20 bits per heavy atom. The van der Waals surface area contributed by atoms with E-state index in [1.807, 2.05) is 50.2 Å². The first-order valence-electron chi connectivity index (χ1n) is 6.54. The molecule has 0 aromatic heterocycles. The van der Waals surface area contributed by atoms with Crippen molar-refractivity contribution in [2.24, 2.45) is 0 Å². The fraction of sp³-hybridized carbons (Fsp3) is 0.294. The number of aryl methyl sites for hydroxylation is 1. The van der Waals surface area contributed by atoms with Crippen LogP contribution in [0.1, 0.15) is 23.6 Å². The van der Waals surface area contributed by atoms with Gasteiger partial charge >= 0.3 is 0 Å². The third-order valence-corrected chi connectivity index (χ3v) is 3.91. The number of hydrogen-bond acceptors (Lipinski definition) is 2. The van der Waals surface area contributed by atoms with Crippen molar-refractivity contribution >= 4 is 15.9 Å². The normalized spacial score (nSPS) is 13.8. The third kappa shape index (κ3) is 3.41. The van der Waals surface area contributed by atoms with Crippen LogP contribution in [0.3, 0.4) is 0 Å². The van der Waals surface area contributed by atoms with Crippen LogP contribution in [0.15, 0.2) is 46.9 Å². The lowest BCUT2D eigenvalue weighted by atomic mass is 9.88. The number of rotatable bonds is 4. The first-order chi connectivity index (χ1) is 9.42. The number of methoxy groups -OCH3 is 1. The van der Waals surface area contributed by atoms with Gasteiger partial charge in [0.1, 0.15) is 5.75 Å². The Hall–Kier alpha value is -1.32. The number of ether oxygens (including phenoxy) is 1. The predicted octanol–water partition coefficient (Wildman–Crippen LogP) is 4.22. The molecule has 1 N–H and O–H groups in total. The summed E-state index contributed by atoms with van der Waals surface area (Å²) in [6.07, 6.45) is 0.508. The van der Waals surface area contributed by atoms with Crippen molar-refractivity contribution in [1.82, 2.24) is 0 Å². The van der Waals surface area contributed by atoms with Crippen molar-refractivity contribution in [3.8, 4) is 5.75 Å². The molecule has 1 atom stereocenters. The lowest BCUT2D eigenvalue weighted by molar-refractivity contribution is 0.0569. The molecule has 0 fully saturated rings. The summed E-state index contributed by atoms with van der Waals surface area (Å²) < 4.78 is 6.35. The molecule has 0 aliphatic heterocycles. The van der Waals surface area contributed by atoms with Crippen LogP contribution in [0.25, 0.3) is 0 Å². The molecular weight excluding hydrogens is 316 g/mol.